The summed E-state index contributed by atoms with van der Waals surface area (Å²) in [5.41, 5.74) is -0.0602. The highest BCUT2D eigenvalue weighted by molar-refractivity contribution is 7.17. The van der Waals surface area contributed by atoms with Crippen molar-refractivity contribution in [2.45, 2.75) is 0 Å². The van der Waals surface area contributed by atoms with Gasteiger partial charge in [0.15, 0.2) is 5.75 Å². The summed E-state index contributed by atoms with van der Waals surface area (Å²) < 4.78 is 0.634. The number of hydrogen-bond donors (Lipinski definition) is 2. The van der Waals surface area contributed by atoms with E-state index in [-0.39, 0.29) is 17.1 Å². The molecule has 0 atom stereocenters. The standard InChI is InChI=1S/C9H5NO2S/c10-4-6-7(11)3-5-1-2-13-9(5)8(6)12/h1-3,11-12H. The van der Waals surface area contributed by atoms with Gasteiger partial charge in [0.2, 0.25) is 0 Å². The number of rotatable bonds is 0. The molecule has 64 valence electrons. The number of thiophene rings is 1. The Kier molecular flexibility index (Phi) is 1.61. The first kappa shape index (κ1) is 7.90. The van der Waals surface area contributed by atoms with Crippen molar-refractivity contribution in [3.05, 3.63) is 23.1 Å². The van der Waals surface area contributed by atoms with Crippen molar-refractivity contribution in [3.8, 4) is 17.6 Å². The van der Waals surface area contributed by atoms with Crippen LogP contribution in [0.4, 0.5) is 0 Å². The number of aromatic hydroxyl groups is 2. The Morgan fingerprint density at radius 3 is 2.85 bits per heavy atom. The van der Waals surface area contributed by atoms with E-state index in [0.717, 1.165) is 5.39 Å². The Balaban J connectivity index is 2.95. The van der Waals surface area contributed by atoms with Crippen LogP contribution >= 0.6 is 11.3 Å². The minimum absolute atomic E-state index is 0.0602. The summed E-state index contributed by atoms with van der Waals surface area (Å²) in [5, 5.41) is 30.1. The molecule has 0 fully saturated rings. The van der Waals surface area contributed by atoms with Gasteiger partial charge in [0.25, 0.3) is 0 Å². The molecule has 1 aromatic carbocycles. The van der Waals surface area contributed by atoms with Crippen molar-refractivity contribution in [1.29, 1.82) is 5.26 Å². The van der Waals surface area contributed by atoms with Gasteiger partial charge in [-0.2, -0.15) is 5.26 Å². The molecule has 3 nitrogen and oxygen atoms in total. The molecule has 13 heavy (non-hydrogen) atoms. The van der Waals surface area contributed by atoms with Gasteiger partial charge < -0.3 is 10.2 Å². The normalized spacial score (nSPS) is 10.1. The van der Waals surface area contributed by atoms with E-state index in [1.165, 1.54) is 17.4 Å². The van der Waals surface area contributed by atoms with Gasteiger partial charge in [-0.1, -0.05) is 0 Å². The molecule has 0 unspecified atom stereocenters. The quantitative estimate of drug-likeness (QED) is 0.670. The van der Waals surface area contributed by atoms with Gasteiger partial charge >= 0.3 is 0 Å². The smallest absolute Gasteiger partial charge is 0.154 e. The summed E-state index contributed by atoms with van der Waals surface area (Å²) in [6.45, 7) is 0. The second-order valence-corrected chi connectivity index (χ2v) is 3.49. The SMILES string of the molecule is N#Cc1c(O)cc2ccsc2c1O. The Bertz CT molecular complexity index is 510. The molecule has 2 rings (SSSR count). The van der Waals surface area contributed by atoms with E-state index in [4.69, 9.17) is 5.26 Å². The average molecular weight is 191 g/mol. The summed E-state index contributed by atoms with van der Waals surface area (Å²) in [6, 6.07) is 5.01. The summed E-state index contributed by atoms with van der Waals surface area (Å²) in [5.74, 6) is -0.307. The van der Waals surface area contributed by atoms with E-state index in [9.17, 15) is 10.2 Å². The van der Waals surface area contributed by atoms with Gasteiger partial charge in [-0.05, 0) is 22.9 Å². The summed E-state index contributed by atoms with van der Waals surface area (Å²) in [4.78, 5) is 0. The zero-order valence-electron chi connectivity index (χ0n) is 6.48. The number of nitrogens with zero attached hydrogens (tertiary/aromatic N) is 1. The van der Waals surface area contributed by atoms with E-state index < -0.39 is 0 Å². The molecule has 0 radical (unpaired) electrons. The van der Waals surface area contributed by atoms with Crippen LogP contribution in [0.5, 0.6) is 11.5 Å². The highest BCUT2D eigenvalue weighted by Crippen LogP contribution is 2.37. The molecule has 0 aliphatic rings. The van der Waals surface area contributed by atoms with E-state index >= 15 is 0 Å². The van der Waals surface area contributed by atoms with Crippen molar-refractivity contribution in [1.82, 2.24) is 0 Å². The molecule has 0 bridgehead atoms. The maximum Gasteiger partial charge on any atom is 0.154 e. The molecule has 1 heterocycles. The van der Waals surface area contributed by atoms with Gasteiger partial charge in [-0.25, -0.2) is 0 Å². The topological polar surface area (TPSA) is 64.2 Å². The summed E-state index contributed by atoms with van der Waals surface area (Å²) >= 11 is 1.34. The number of phenolic OH excluding ortho intramolecular Hbond substituents is 2. The van der Waals surface area contributed by atoms with E-state index in [2.05, 4.69) is 0 Å². The predicted octanol–water partition coefficient (Wildman–Crippen LogP) is 2.18. The lowest BCUT2D eigenvalue weighted by Crippen LogP contribution is -1.78. The Hall–Kier alpha value is -1.73. The number of benzene rings is 1. The highest BCUT2D eigenvalue weighted by Gasteiger charge is 2.12. The minimum Gasteiger partial charge on any atom is -0.506 e. The van der Waals surface area contributed by atoms with Crippen LogP contribution < -0.4 is 0 Å². The van der Waals surface area contributed by atoms with Gasteiger partial charge in [0, 0.05) is 0 Å². The van der Waals surface area contributed by atoms with Crippen molar-refractivity contribution in [2.75, 3.05) is 0 Å². The molecule has 4 heteroatoms. The first-order chi connectivity index (χ1) is 6.24. The molecule has 0 saturated carbocycles. The van der Waals surface area contributed by atoms with Crippen LogP contribution in [0.15, 0.2) is 17.5 Å². The second kappa shape index (κ2) is 2.64. The first-order valence-corrected chi connectivity index (χ1v) is 4.44. The Morgan fingerprint density at radius 2 is 2.15 bits per heavy atom. The molecule has 0 amide bonds. The largest absolute Gasteiger partial charge is 0.506 e. The van der Waals surface area contributed by atoms with Crippen LogP contribution in [-0.4, -0.2) is 10.2 Å². The van der Waals surface area contributed by atoms with E-state index in [1.807, 2.05) is 0 Å². The fraction of sp³-hybridized carbons (Fsp3) is 0. The van der Waals surface area contributed by atoms with Gasteiger partial charge in [0.05, 0.1) is 4.70 Å². The lowest BCUT2D eigenvalue weighted by atomic mass is 10.1. The second-order valence-electron chi connectivity index (χ2n) is 2.57. The number of fused-ring (bicyclic) bond motifs is 1. The maximum atomic E-state index is 9.55. The highest BCUT2D eigenvalue weighted by atomic mass is 32.1. The van der Waals surface area contributed by atoms with E-state index in [1.54, 1.807) is 17.5 Å². The van der Waals surface area contributed by atoms with Crippen molar-refractivity contribution in [3.63, 3.8) is 0 Å². The first-order valence-electron chi connectivity index (χ1n) is 3.56. The molecular weight excluding hydrogens is 186 g/mol. The lowest BCUT2D eigenvalue weighted by Gasteiger charge is -2.00. The number of nitriles is 1. The van der Waals surface area contributed by atoms with Crippen molar-refractivity contribution in [2.24, 2.45) is 0 Å². The van der Waals surface area contributed by atoms with Crippen LogP contribution in [-0.2, 0) is 0 Å². The fourth-order valence-electron chi connectivity index (χ4n) is 1.19. The van der Waals surface area contributed by atoms with E-state index in [0.29, 0.717) is 4.70 Å². The molecule has 0 aliphatic carbocycles. The molecule has 1 aromatic heterocycles. The third kappa shape index (κ3) is 1.02. The van der Waals surface area contributed by atoms with Gasteiger partial charge in [0.1, 0.15) is 17.4 Å². The molecule has 0 saturated heterocycles. The van der Waals surface area contributed by atoms with Crippen LogP contribution in [0.3, 0.4) is 0 Å². The number of phenols is 2. The molecule has 0 aliphatic heterocycles. The van der Waals surface area contributed by atoms with Crippen LogP contribution in [0, 0.1) is 11.3 Å². The number of hydrogen-bond acceptors (Lipinski definition) is 4. The third-order valence-electron chi connectivity index (χ3n) is 1.81. The van der Waals surface area contributed by atoms with Crippen LogP contribution in [0.1, 0.15) is 5.56 Å². The average Bonchev–Trinajstić information content (AvgIpc) is 2.53. The van der Waals surface area contributed by atoms with Crippen molar-refractivity contribution >= 4 is 21.4 Å². The third-order valence-corrected chi connectivity index (χ3v) is 2.74. The Morgan fingerprint density at radius 1 is 1.38 bits per heavy atom. The Labute approximate surface area is 78.1 Å². The predicted molar refractivity (Wildman–Crippen MR) is 49.9 cm³/mol. The molecule has 0 spiro atoms. The summed E-state index contributed by atoms with van der Waals surface area (Å²) in [7, 11) is 0. The zero-order valence-corrected chi connectivity index (χ0v) is 7.30. The minimum atomic E-state index is -0.175. The zero-order chi connectivity index (χ0) is 9.42. The van der Waals surface area contributed by atoms with Crippen LogP contribution in [0.25, 0.3) is 10.1 Å². The van der Waals surface area contributed by atoms with Gasteiger partial charge in [-0.15, -0.1) is 11.3 Å². The monoisotopic (exact) mass is 191 g/mol. The maximum absolute atomic E-state index is 9.55. The van der Waals surface area contributed by atoms with Crippen LogP contribution in [0.2, 0.25) is 0 Å². The molecule has 2 aromatic rings. The van der Waals surface area contributed by atoms with Crippen molar-refractivity contribution < 1.29 is 10.2 Å². The summed E-state index contributed by atoms with van der Waals surface area (Å²) in [6.07, 6.45) is 0. The lowest BCUT2D eigenvalue weighted by molar-refractivity contribution is 0.452. The van der Waals surface area contributed by atoms with Gasteiger partial charge in [-0.3, -0.25) is 0 Å². The molecular formula is C9H5NO2S. The molecule has 2 N–H and O–H groups in total. The fourth-order valence-corrected chi connectivity index (χ4v) is 2.02.